The first kappa shape index (κ1) is 27.8. The summed E-state index contributed by atoms with van der Waals surface area (Å²) in [6, 6.07) is 0.974. The van der Waals surface area contributed by atoms with E-state index in [-0.39, 0.29) is 17.4 Å². The third kappa shape index (κ3) is 5.93. The topological polar surface area (TPSA) is 23.6 Å². The van der Waals surface area contributed by atoms with Crippen LogP contribution in [0.1, 0.15) is 125 Å². The van der Waals surface area contributed by atoms with Crippen LogP contribution in [0.25, 0.3) is 0 Å². The molecule has 34 heavy (non-hydrogen) atoms. The molecule has 3 fully saturated rings. The van der Waals surface area contributed by atoms with E-state index in [1.165, 1.54) is 82.6 Å². The van der Waals surface area contributed by atoms with E-state index in [1.54, 1.807) is 0 Å². The fourth-order valence-corrected chi connectivity index (χ4v) is 7.74. The first-order valence-corrected chi connectivity index (χ1v) is 14.9. The molecule has 3 heteroatoms. The molecule has 1 saturated heterocycles. The van der Waals surface area contributed by atoms with Crippen molar-refractivity contribution in [2.45, 2.75) is 143 Å². The van der Waals surface area contributed by atoms with Crippen LogP contribution in [0.2, 0.25) is 0 Å². The van der Waals surface area contributed by atoms with Crippen molar-refractivity contribution in [1.29, 1.82) is 0 Å². The third-order valence-corrected chi connectivity index (χ3v) is 10.4. The number of carbonyl (C=O) groups is 1. The highest BCUT2D eigenvalue weighted by atomic mass is 16.2. The molecule has 0 aromatic carbocycles. The van der Waals surface area contributed by atoms with Crippen LogP contribution in [-0.2, 0) is 4.79 Å². The van der Waals surface area contributed by atoms with Crippen molar-refractivity contribution < 1.29 is 4.79 Å². The standard InChI is InChI=1S/C31H56N2O/c1-8-33(30(34)27-21-17-13-10-14-18-22-27)29-28(26-19-15-11-9-12-16-20-26)23(2)24(3)32(7)25(4)31(29,5)6/h24-29H,2,8-22H2,1,3-7H3. The van der Waals surface area contributed by atoms with Gasteiger partial charge in [0.05, 0.1) is 0 Å². The van der Waals surface area contributed by atoms with Gasteiger partial charge < -0.3 is 4.90 Å². The van der Waals surface area contributed by atoms with Crippen molar-refractivity contribution in [2.24, 2.45) is 23.2 Å². The average molecular weight is 473 g/mol. The second-order valence-corrected chi connectivity index (χ2v) is 12.7. The predicted molar refractivity (Wildman–Crippen MR) is 146 cm³/mol. The smallest absolute Gasteiger partial charge is 0.225 e. The molecule has 0 radical (unpaired) electrons. The number of hydrogen-bond acceptors (Lipinski definition) is 2. The summed E-state index contributed by atoms with van der Waals surface area (Å²) in [6.45, 7) is 17.5. The molecule has 3 aliphatic rings. The Hall–Kier alpha value is -0.830. The Morgan fingerprint density at radius 2 is 1.38 bits per heavy atom. The summed E-state index contributed by atoms with van der Waals surface area (Å²) >= 11 is 0. The van der Waals surface area contributed by atoms with Gasteiger partial charge in [0.2, 0.25) is 5.91 Å². The van der Waals surface area contributed by atoms with Gasteiger partial charge in [-0.1, -0.05) is 90.2 Å². The van der Waals surface area contributed by atoms with E-state index >= 15 is 0 Å². The minimum atomic E-state index is 0.00275. The maximum Gasteiger partial charge on any atom is 0.225 e. The lowest BCUT2D eigenvalue weighted by molar-refractivity contribution is -0.144. The minimum Gasteiger partial charge on any atom is -0.339 e. The van der Waals surface area contributed by atoms with E-state index in [0.29, 0.717) is 29.8 Å². The van der Waals surface area contributed by atoms with Crippen LogP contribution in [0, 0.1) is 23.2 Å². The summed E-state index contributed by atoms with van der Waals surface area (Å²) < 4.78 is 0. The number of hydrogen-bond donors (Lipinski definition) is 0. The van der Waals surface area contributed by atoms with Crippen molar-refractivity contribution >= 4 is 5.91 Å². The van der Waals surface area contributed by atoms with Crippen molar-refractivity contribution in [1.82, 2.24) is 9.80 Å². The fourth-order valence-electron chi connectivity index (χ4n) is 7.74. The van der Waals surface area contributed by atoms with Crippen LogP contribution in [0.3, 0.4) is 0 Å². The van der Waals surface area contributed by atoms with Crippen molar-refractivity contribution in [3.05, 3.63) is 12.2 Å². The Bertz CT molecular complexity index is 654. The molecule has 0 aromatic rings. The molecule has 4 unspecified atom stereocenters. The van der Waals surface area contributed by atoms with E-state index < -0.39 is 0 Å². The van der Waals surface area contributed by atoms with E-state index in [4.69, 9.17) is 6.58 Å². The van der Waals surface area contributed by atoms with Crippen LogP contribution in [-0.4, -0.2) is 47.4 Å². The summed E-state index contributed by atoms with van der Waals surface area (Å²) in [5.41, 5.74) is 1.39. The van der Waals surface area contributed by atoms with Crippen molar-refractivity contribution in [3.63, 3.8) is 0 Å². The summed E-state index contributed by atoms with van der Waals surface area (Å²) in [7, 11) is 2.28. The highest BCUT2D eigenvalue weighted by Gasteiger charge is 2.52. The maximum atomic E-state index is 14.3. The molecular weight excluding hydrogens is 416 g/mol. The summed E-state index contributed by atoms with van der Waals surface area (Å²) in [5.74, 6) is 1.72. The maximum absolute atomic E-state index is 14.3. The average Bonchev–Trinajstić information content (AvgIpc) is 2.80. The first-order valence-electron chi connectivity index (χ1n) is 14.9. The molecule has 3 rings (SSSR count). The molecule has 0 spiro atoms. The number of amides is 1. The minimum absolute atomic E-state index is 0.00275. The van der Waals surface area contributed by atoms with Gasteiger partial charge in [-0.25, -0.2) is 0 Å². The van der Waals surface area contributed by atoms with Gasteiger partial charge in [0.1, 0.15) is 0 Å². The van der Waals surface area contributed by atoms with Crippen LogP contribution >= 0.6 is 0 Å². The predicted octanol–water partition coefficient (Wildman–Crippen LogP) is 7.85. The Morgan fingerprint density at radius 1 is 0.912 bits per heavy atom. The second kappa shape index (κ2) is 12.4. The Labute approximate surface area is 212 Å². The van der Waals surface area contributed by atoms with Crippen LogP contribution < -0.4 is 0 Å². The highest BCUT2D eigenvalue weighted by Crippen LogP contribution is 2.49. The second-order valence-electron chi connectivity index (χ2n) is 12.7. The monoisotopic (exact) mass is 472 g/mol. The Kier molecular flexibility index (Phi) is 10.1. The van der Waals surface area contributed by atoms with Gasteiger partial charge in [-0.05, 0) is 59.4 Å². The Balaban J connectivity index is 2.03. The lowest BCUT2D eigenvalue weighted by atomic mass is 9.65. The van der Waals surface area contributed by atoms with Crippen LogP contribution in [0.5, 0.6) is 0 Å². The van der Waals surface area contributed by atoms with Crippen molar-refractivity contribution in [3.8, 4) is 0 Å². The van der Waals surface area contributed by atoms with Gasteiger partial charge in [0, 0.05) is 41.9 Å². The number of rotatable bonds is 4. The van der Waals surface area contributed by atoms with E-state index in [1.807, 2.05) is 0 Å². The molecule has 0 bridgehead atoms. The fraction of sp³-hybridized carbons (Fsp3) is 0.903. The van der Waals surface area contributed by atoms with Crippen LogP contribution in [0.15, 0.2) is 12.2 Å². The highest BCUT2D eigenvalue weighted by molar-refractivity contribution is 5.79. The number of likely N-dealkylation sites (tertiary alicyclic amines) is 1. The molecule has 0 N–H and O–H groups in total. The molecule has 2 aliphatic carbocycles. The molecule has 1 heterocycles. The van der Waals surface area contributed by atoms with Gasteiger partial charge >= 0.3 is 0 Å². The van der Waals surface area contributed by atoms with Gasteiger partial charge in [0.25, 0.3) is 0 Å². The number of carbonyl (C=O) groups excluding carboxylic acids is 1. The molecule has 4 atom stereocenters. The third-order valence-electron chi connectivity index (χ3n) is 10.4. The summed E-state index contributed by atoms with van der Waals surface area (Å²) in [4.78, 5) is 19.2. The molecule has 1 amide bonds. The SMILES string of the molecule is C=C1C(C2CCCCCCC2)C(N(CC)C(=O)C2CCCCCCC2)C(C)(C)C(C)N(C)C1C. The molecule has 1 aliphatic heterocycles. The van der Waals surface area contributed by atoms with E-state index in [9.17, 15) is 4.79 Å². The van der Waals surface area contributed by atoms with E-state index in [2.05, 4.69) is 51.5 Å². The largest absolute Gasteiger partial charge is 0.339 e. The number of likely N-dealkylation sites (N-methyl/N-ethyl adjacent to an activating group) is 1. The molecule has 2 saturated carbocycles. The number of nitrogens with zero attached hydrogens (tertiary/aromatic N) is 2. The van der Waals surface area contributed by atoms with E-state index in [0.717, 1.165) is 19.4 Å². The zero-order chi connectivity index (χ0) is 24.9. The summed E-state index contributed by atoms with van der Waals surface area (Å²) in [5, 5.41) is 0. The van der Waals surface area contributed by atoms with Crippen LogP contribution in [0.4, 0.5) is 0 Å². The van der Waals surface area contributed by atoms with Gasteiger partial charge in [-0.3, -0.25) is 9.69 Å². The first-order chi connectivity index (χ1) is 16.2. The molecule has 0 aromatic heterocycles. The molecule has 196 valence electrons. The quantitative estimate of drug-likeness (QED) is 0.389. The normalized spacial score (nSPS) is 33.3. The zero-order valence-electron chi connectivity index (χ0n) is 23.6. The molecular formula is C31H56N2O. The Morgan fingerprint density at radius 3 is 1.88 bits per heavy atom. The summed E-state index contributed by atoms with van der Waals surface area (Å²) in [6.07, 6.45) is 18.0. The van der Waals surface area contributed by atoms with Gasteiger partial charge in [-0.15, -0.1) is 0 Å². The van der Waals surface area contributed by atoms with Gasteiger partial charge in [0.15, 0.2) is 0 Å². The zero-order valence-corrected chi connectivity index (χ0v) is 23.6. The van der Waals surface area contributed by atoms with Crippen molar-refractivity contribution in [2.75, 3.05) is 13.6 Å². The molecule has 3 nitrogen and oxygen atoms in total. The lowest BCUT2D eigenvalue weighted by Gasteiger charge is -2.50. The lowest BCUT2D eigenvalue weighted by Crippen LogP contribution is -2.58. The van der Waals surface area contributed by atoms with Gasteiger partial charge in [-0.2, -0.15) is 0 Å².